The van der Waals surface area contributed by atoms with Gasteiger partial charge in [0, 0.05) is 5.56 Å². The van der Waals surface area contributed by atoms with Crippen molar-refractivity contribution in [3.05, 3.63) is 29.8 Å². The fourth-order valence-corrected chi connectivity index (χ4v) is 1.01. The number of nitrogens with zero attached hydrogens (tertiary/aromatic N) is 2. The maximum absolute atomic E-state index is 9.02. The van der Waals surface area contributed by atoms with E-state index in [1.807, 2.05) is 0 Å². The molecule has 0 aromatic heterocycles. The van der Waals surface area contributed by atoms with E-state index in [0.29, 0.717) is 5.56 Å². The Morgan fingerprint density at radius 1 is 1.07 bits per heavy atom. The van der Waals surface area contributed by atoms with Gasteiger partial charge in [0.2, 0.25) is 0 Å². The predicted octanol–water partition coefficient (Wildman–Crippen LogP) is 1.42. The first-order valence-electron chi connectivity index (χ1n) is 3.89. The SMILES string of the molecule is CC(=N\O)/C(=N/O)c1ccc(O)cc1. The summed E-state index contributed by atoms with van der Waals surface area (Å²) >= 11 is 0. The van der Waals surface area contributed by atoms with Crippen molar-refractivity contribution in [3.8, 4) is 5.75 Å². The van der Waals surface area contributed by atoms with Crippen LogP contribution in [-0.2, 0) is 0 Å². The summed E-state index contributed by atoms with van der Waals surface area (Å²) in [6.45, 7) is 1.50. The van der Waals surface area contributed by atoms with Crippen molar-refractivity contribution in [2.45, 2.75) is 6.92 Å². The second-order valence-corrected chi connectivity index (χ2v) is 2.68. The molecule has 0 saturated heterocycles. The molecule has 5 heteroatoms. The Bertz CT molecular complexity index is 368. The molecular formula is C9H10N2O3. The van der Waals surface area contributed by atoms with Crippen LogP contribution in [0.4, 0.5) is 0 Å². The Morgan fingerprint density at radius 3 is 2.07 bits per heavy atom. The van der Waals surface area contributed by atoms with Crippen LogP contribution >= 0.6 is 0 Å². The Balaban J connectivity index is 3.09. The third kappa shape index (κ3) is 2.01. The Hall–Kier alpha value is -2.04. The highest BCUT2D eigenvalue weighted by Crippen LogP contribution is 2.11. The fraction of sp³-hybridized carbons (Fsp3) is 0.111. The van der Waals surface area contributed by atoms with E-state index in [0.717, 1.165) is 0 Å². The number of benzene rings is 1. The van der Waals surface area contributed by atoms with Crippen molar-refractivity contribution in [3.63, 3.8) is 0 Å². The van der Waals surface area contributed by atoms with Crippen LogP contribution in [0.3, 0.4) is 0 Å². The van der Waals surface area contributed by atoms with Gasteiger partial charge in [-0.05, 0) is 31.2 Å². The first-order chi connectivity index (χ1) is 6.69. The summed E-state index contributed by atoms with van der Waals surface area (Å²) in [5.41, 5.74) is 0.909. The lowest BCUT2D eigenvalue weighted by atomic mass is 10.1. The fourth-order valence-electron chi connectivity index (χ4n) is 1.01. The molecule has 0 bridgehead atoms. The van der Waals surface area contributed by atoms with E-state index < -0.39 is 0 Å². The summed E-state index contributed by atoms with van der Waals surface area (Å²) in [6, 6.07) is 6.01. The minimum atomic E-state index is 0.115. The lowest BCUT2D eigenvalue weighted by molar-refractivity contribution is 0.314. The van der Waals surface area contributed by atoms with Gasteiger partial charge in [0.1, 0.15) is 17.2 Å². The molecule has 1 rings (SSSR count). The minimum Gasteiger partial charge on any atom is -0.508 e. The number of aromatic hydroxyl groups is 1. The summed E-state index contributed by atoms with van der Waals surface area (Å²) in [6.07, 6.45) is 0. The average molecular weight is 194 g/mol. The maximum atomic E-state index is 9.02. The van der Waals surface area contributed by atoms with Crippen LogP contribution < -0.4 is 0 Å². The summed E-state index contributed by atoms with van der Waals surface area (Å²) in [5.74, 6) is 0.115. The number of oxime groups is 2. The van der Waals surface area contributed by atoms with E-state index in [2.05, 4.69) is 10.3 Å². The molecule has 0 aliphatic heterocycles. The highest BCUT2D eigenvalue weighted by molar-refractivity contribution is 6.47. The minimum absolute atomic E-state index is 0.115. The molecular weight excluding hydrogens is 184 g/mol. The molecule has 0 unspecified atom stereocenters. The molecule has 14 heavy (non-hydrogen) atoms. The van der Waals surface area contributed by atoms with Gasteiger partial charge in [0.25, 0.3) is 0 Å². The lowest BCUT2D eigenvalue weighted by Gasteiger charge is -2.02. The van der Waals surface area contributed by atoms with Crippen LogP contribution in [0.1, 0.15) is 12.5 Å². The summed E-state index contributed by atoms with van der Waals surface area (Å²) < 4.78 is 0. The van der Waals surface area contributed by atoms with Gasteiger partial charge in [0.15, 0.2) is 0 Å². The molecule has 0 radical (unpaired) electrons. The molecule has 0 saturated carbocycles. The van der Waals surface area contributed by atoms with Crippen molar-refractivity contribution < 1.29 is 15.5 Å². The van der Waals surface area contributed by atoms with E-state index in [9.17, 15) is 0 Å². The van der Waals surface area contributed by atoms with Crippen molar-refractivity contribution >= 4 is 11.4 Å². The van der Waals surface area contributed by atoms with Crippen LogP contribution in [0.25, 0.3) is 0 Å². The second-order valence-electron chi connectivity index (χ2n) is 2.68. The average Bonchev–Trinajstić information content (AvgIpc) is 2.21. The van der Waals surface area contributed by atoms with Gasteiger partial charge in [-0.25, -0.2) is 0 Å². The topological polar surface area (TPSA) is 85.4 Å². The van der Waals surface area contributed by atoms with Crippen molar-refractivity contribution in [1.29, 1.82) is 0 Å². The lowest BCUT2D eigenvalue weighted by Crippen LogP contribution is -2.11. The van der Waals surface area contributed by atoms with Gasteiger partial charge >= 0.3 is 0 Å². The molecule has 0 amide bonds. The molecule has 1 aromatic carbocycles. The standard InChI is InChI=1S/C9H10N2O3/c1-6(10-13)9(11-14)7-2-4-8(12)5-3-7/h2-5,12-14H,1H3/b10-6+,11-9-. The molecule has 0 aliphatic rings. The monoisotopic (exact) mass is 194 g/mol. The molecule has 74 valence electrons. The van der Waals surface area contributed by atoms with Gasteiger partial charge in [-0.3, -0.25) is 0 Å². The van der Waals surface area contributed by atoms with Gasteiger partial charge in [0.05, 0.1) is 0 Å². The van der Waals surface area contributed by atoms with E-state index in [-0.39, 0.29) is 17.2 Å². The third-order valence-electron chi connectivity index (χ3n) is 1.73. The number of rotatable bonds is 2. The molecule has 0 heterocycles. The first kappa shape index (κ1) is 10.0. The van der Waals surface area contributed by atoms with Crippen LogP contribution in [0.15, 0.2) is 34.6 Å². The normalized spacial score (nSPS) is 12.9. The van der Waals surface area contributed by atoms with Gasteiger partial charge in [-0.2, -0.15) is 0 Å². The second kappa shape index (κ2) is 4.27. The third-order valence-corrected chi connectivity index (χ3v) is 1.73. The highest BCUT2D eigenvalue weighted by atomic mass is 16.4. The summed E-state index contributed by atoms with van der Waals surface area (Å²) in [5, 5.41) is 32.1. The van der Waals surface area contributed by atoms with Gasteiger partial charge in [-0.1, -0.05) is 10.3 Å². The van der Waals surface area contributed by atoms with E-state index >= 15 is 0 Å². The molecule has 0 atom stereocenters. The summed E-state index contributed by atoms with van der Waals surface area (Å²) in [7, 11) is 0. The van der Waals surface area contributed by atoms with Gasteiger partial charge in [-0.15, -0.1) is 0 Å². The number of phenolic OH excluding ortho intramolecular Hbond substituents is 1. The number of hydrogen-bond donors (Lipinski definition) is 3. The number of phenols is 1. The van der Waals surface area contributed by atoms with Gasteiger partial charge < -0.3 is 15.5 Å². The smallest absolute Gasteiger partial charge is 0.134 e. The largest absolute Gasteiger partial charge is 0.508 e. The Morgan fingerprint density at radius 2 is 1.64 bits per heavy atom. The van der Waals surface area contributed by atoms with Crippen LogP contribution in [0, 0.1) is 0 Å². The zero-order chi connectivity index (χ0) is 10.6. The Kier molecular flexibility index (Phi) is 3.06. The molecule has 1 aromatic rings. The summed E-state index contributed by atoms with van der Waals surface area (Å²) in [4.78, 5) is 0. The molecule has 0 spiro atoms. The highest BCUT2D eigenvalue weighted by Gasteiger charge is 2.08. The molecule has 3 N–H and O–H groups in total. The zero-order valence-electron chi connectivity index (χ0n) is 7.55. The van der Waals surface area contributed by atoms with Crippen LogP contribution in [0.5, 0.6) is 5.75 Å². The molecule has 0 aliphatic carbocycles. The van der Waals surface area contributed by atoms with E-state index in [1.54, 1.807) is 12.1 Å². The van der Waals surface area contributed by atoms with Crippen LogP contribution in [-0.4, -0.2) is 26.9 Å². The number of hydrogen-bond acceptors (Lipinski definition) is 5. The quantitative estimate of drug-likeness (QED) is 0.378. The van der Waals surface area contributed by atoms with Crippen molar-refractivity contribution in [1.82, 2.24) is 0 Å². The van der Waals surface area contributed by atoms with E-state index in [4.69, 9.17) is 15.5 Å². The molecule has 5 nitrogen and oxygen atoms in total. The predicted molar refractivity (Wildman–Crippen MR) is 51.3 cm³/mol. The van der Waals surface area contributed by atoms with Crippen LogP contribution in [0.2, 0.25) is 0 Å². The van der Waals surface area contributed by atoms with E-state index in [1.165, 1.54) is 19.1 Å². The Labute approximate surface area is 80.6 Å². The zero-order valence-corrected chi connectivity index (χ0v) is 7.55. The first-order valence-corrected chi connectivity index (χ1v) is 3.89. The maximum Gasteiger partial charge on any atom is 0.134 e. The van der Waals surface area contributed by atoms with Crippen molar-refractivity contribution in [2.75, 3.05) is 0 Å². The van der Waals surface area contributed by atoms with Crippen molar-refractivity contribution in [2.24, 2.45) is 10.3 Å². The molecule has 0 fully saturated rings.